The maximum atomic E-state index is 11.3. The van der Waals surface area contributed by atoms with E-state index in [-0.39, 0.29) is 18.1 Å². The van der Waals surface area contributed by atoms with E-state index in [1.165, 1.54) is 7.11 Å². The second-order valence-electron chi connectivity index (χ2n) is 3.85. The van der Waals surface area contributed by atoms with E-state index >= 15 is 0 Å². The summed E-state index contributed by atoms with van der Waals surface area (Å²) in [6.07, 6.45) is 0. The zero-order chi connectivity index (χ0) is 14.5. The Bertz CT molecular complexity index is 680. The number of hydrogen-bond donors (Lipinski definition) is 2. The molecule has 0 saturated heterocycles. The molecule has 0 amide bonds. The summed E-state index contributed by atoms with van der Waals surface area (Å²) in [6.45, 7) is -0.0521. The normalized spacial score (nSPS) is 10.1. The van der Waals surface area contributed by atoms with E-state index < -0.39 is 11.5 Å². The average molecular weight is 276 g/mol. The summed E-state index contributed by atoms with van der Waals surface area (Å²) in [5, 5.41) is 8.81. The van der Waals surface area contributed by atoms with Gasteiger partial charge in [-0.3, -0.25) is 4.79 Å². The van der Waals surface area contributed by atoms with Crippen LogP contribution in [0.1, 0.15) is 16.3 Å². The van der Waals surface area contributed by atoms with Gasteiger partial charge in [-0.25, -0.2) is 9.78 Å². The minimum Gasteiger partial charge on any atom is -0.497 e. The van der Waals surface area contributed by atoms with Crippen molar-refractivity contribution < 1.29 is 19.4 Å². The monoisotopic (exact) mass is 276 g/mol. The number of aromatic carboxylic acids is 1. The number of carboxylic acids is 1. The minimum absolute atomic E-state index is 0.0521. The zero-order valence-corrected chi connectivity index (χ0v) is 10.6. The number of aromatic amines is 1. The van der Waals surface area contributed by atoms with Crippen molar-refractivity contribution in [1.82, 2.24) is 9.97 Å². The van der Waals surface area contributed by atoms with Crippen LogP contribution in [-0.4, -0.2) is 28.2 Å². The maximum absolute atomic E-state index is 11.3. The van der Waals surface area contributed by atoms with E-state index in [0.717, 1.165) is 6.07 Å². The summed E-state index contributed by atoms with van der Waals surface area (Å²) in [5.74, 6) is 0.0208. The number of methoxy groups -OCH3 is 1. The van der Waals surface area contributed by atoms with Crippen molar-refractivity contribution in [1.29, 1.82) is 0 Å². The van der Waals surface area contributed by atoms with Crippen molar-refractivity contribution in [3.05, 3.63) is 52.2 Å². The van der Waals surface area contributed by atoms with Gasteiger partial charge >= 0.3 is 5.97 Å². The first kappa shape index (κ1) is 13.6. The fraction of sp³-hybridized carbons (Fsp3) is 0.154. The molecule has 20 heavy (non-hydrogen) atoms. The molecule has 2 N–H and O–H groups in total. The van der Waals surface area contributed by atoms with Crippen molar-refractivity contribution in [2.75, 3.05) is 7.11 Å². The Labute approximate surface area is 113 Å². The molecule has 104 valence electrons. The number of ether oxygens (including phenoxy) is 2. The van der Waals surface area contributed by atoms with E-state index in [2.05, 4.69) is 9.97 Å². The molecule has 0 aliphatic carbocycles. The molecule has 0 saturated carbocycles. The molecular weight excluding hydrogens is 264 g/mol. The topological polar surface area (TPSA) is 102 Å². The highest BCUT2D eigenvalue weighted by molar-refractivity contribution is 5.85. The Morgan fingerprint density at radius 1 is 1.35 bits per heavy atom. The second kappa shape index (κ2) is 5.87. The Balaban J connectivity index is 2.14. The average Bonchev–Trinajstić information content (AvgIpc) is 2.44. The van der Waals surface area contributed by atoms with Gasteiger partial charge in [-0.05, 0) is 12.1 Å². The number of nitrogens with zero attached hydrogens (tertiary/aromatic N) is 1. The van der Waals surface area contributed by atoms with Crippen LogP contribution >= 0.6 is 0 Å². The molecule has 1 aromatic carbocycles. The first-order valence-electron chi connectivity index (χ1n) is 5.69. The molecule has 7 nitrogen and oxygen atoms in total. The molecule has 1 aromatic heterocycles. The number of nitrogens with one attached hydrogen (secondary N) is 1. The first-order valence-corrected chi connectivity index (χ1v) is 5.69. The summed E-state index contributed by atoms with van der Waals surface area (Å²) >= 11 is 0. The third kappa shape index (κ3) is 3.35. The van der Waals surface area contributed by atoms with E-state index in [1.54, 1.807) is 24.3 Å². The standard InChI is InChI=1S/C13H12N2O5/c1-19-8-3-2-4-9(5-8)20-7-11-14-10(13(17)18)6-12(16)15-11/h2-6H,7H2,1H3,(H,17,18)(H,14,15,16). The summed E-state index contributed by atoms with van der Waals surface area (Å²) in [6, 6.07) is 7.80. The highest BCUT2D eigenvalue weighted by atomic mass is 16.5. The number of carboxylic acid groups (broad SMARTS) is 1. The predicted octanol–water partition coefficient (Wildman–Crippen LogP) is 1.06. The molecule has 0 radical (unpaired) electrons. The van der Waals surface area contributed by atoms with Crippen molar-refractivity contribution in [3.8, 4) is 11.5 Å². The highest BCUT2D eigenvalue weighted by Gasteiger charge is 2.08. The van der Waals surface area contributed by atoms with E-state index in [9.17, 15) is 9.59 Å². The highest BCUT2D eigenvalue weighted by Crippen LogP contribution is 2.19. The fourth-order valence-corrected chi connectivity index (χ4v) is 1.53. The Morgan fingerprint density at radius 2 is 2.10 bits per heavy atom. The molecule has 1 heterocycles. The molecule has 0 aliphatic heterocycles. The van der Waals surface area contributed by atoms with Gasteiger partial charge in [0.05, 0.1) is 7.11 Å². The van der Waals surface area contributed by atoms with E-state index in [0.29, 0.717) is 11.5 Å². The van der Waals surface area contributed by atoms with E-state index in [1.807, 2.05) is 0 Å². The van der Waals surface area contributed by atoms with Crippen LogP contribution < -0.4 is 15.0 Å². The van der Waals surface area contributed by atoms with Crippen LogP contribution in [-0.2, 0) is 6.61 Å². The van der Waals surface area contributed by atoms with Gasteiger partial charge in [0.2, 0.25) is 0 Å². The summed E-state index contributed by atoms with van der Waals surface area (Å²) in [5.41, 5.74) is -0.861. The lowest BCUT2D eigenvalue weighted by molar-refractivity contribution is 0.0689. The number of carbonyl (C=O) groups is 1. The van der Waals surface area contributed by atoms with Gasteiger partial charge in [0.15, 0.2) is 5.69 Å². The fourth-order valence-electron chi connectivity index (χ4n) is 1.53. The van der Waals surface area contributed by atoms with Crippen LogP contribution in [0.25, 0.3) is 0 Å². The lowest BCUT2D eigenvalue weighted by Crippen LogP contribution is -2.17. The predicted molar refractivity (Wildman–Crippen MR) is 69.1 cm³/mol. The molecule has 0 fully saturated rings. The van der Waals surface area contributed by atoms with Crippen LogP contribution in [0.4, 0.5) is 0 Å². The van der Waals surface area contributed by atoms with Gasteiger partial charge in [-0.1, -0.05) is 6.07 Å². The zero-order valence-electron chi connectivity index (χ0n) is 10.6. The number of benzene rings is 1. The summed E-state index contributed by atoms with van der Waals surface area (Å²) in [4.78, 5) is 28.3. The Hall–Kier alpha value is -2.83. The third-order valence-electron chi connectivity index (χ3n) is 2.43. The number of rotatable bonds is 5. The lowest BCUT2D eigenvalue weighted by atomic mass is 10.3. The van der Waals surface area contributed by atoms with Crippen molar-refractivity contribution >= 4 is 5.97 Å². The quantitative estimate of drug-likeness (QED) is 0.846. The van der Waals surface area contributed by atoms with Crippen molar-refractivity contribution in [2.45, 2.75) is 6.61 Å². The van der Waals surface area contributed by atoms with Crippen LogP contribution in [0.5, 0.6) is 11.5 Å². The molecule has 0 spiro atoms. The number of hydrogen-bond acceptors (Lipinski definition) is 5. The molecule has 0 aliphatic rings. The SMILES string of the molecule is COc1cccc(OCc2nc(C(=O)O)cc(=O)[nH]2)c1. The smallest absolute Gasteiger partial charge is 0.354 e. The first-order chi connectivity index (χ1) is 9.58. The van der Waals surface area contributed by atoms with Crippen LogP contribution in [0.3, 0.4) is 0 Å². The van der Waals surface area contributed by atoms with Gasteiger partial charge in [0.1, 0.15) is 23.9 Å². The summed E-state index contributed by atoms with van der Waals surface area (Å²) < 4.78 is 10.5. The number of H-pyrrole nitrogens is 1. The Kier molecular flexibility index (Phi) is 3.99. The minimum atomic E-state index is -1.27. The second-order valence-corrected chi connectivity index (χ2v) is 3.85. The summed E-state index contributed by atoms with van der Waals surface area (Å²) in [7, 11) is 1.54. The molecule has 0 atom stereocenters. The lowest BCUT2D eigenvalue weighted by Gasteiger charge is -2.07. The number of aromatic nitrogens is 2. The molecule has 7 heteroatoms. The molecule has 0 unspecified atom stereocenters. The van der Waals surface area contributed by atoms with Gasteiger partial charge in [-0.2, -0.15) is 0 Å². The molecule has 2 aromatic rings. The van der Waals surface area contributed by atoms with Gasteiger partial charge < -0.3 is 19.6 Å². The molecule has 0 bridgehead atoms. The van der Waals surface area contributed by atoms with Gasteiger partial charge in [0.25, 0.3) is 5.56 Å². The molecular formula is C13H12N2O5. The van der Waals surface area contributed by atoms with Crippen molar-refractivity contribution in [3.63, 3.8) is 0 Å². The van der Waals surface area contributed by atoms with Crippen LogP contribution in [0.2, 0.25) is 0 Å². The van der Waals surface area contributed by atoms with Crippen LogP contribution in [0.15, 0.2) is 35.1 Å². The molecule has 2 rings (SSSR count). The third-order valence-corrected chi connectivity index (χ3v) is 2.43. The largest absolute Gasteiger partial charge is 0.497 e. The Morgan fingerprint density at radius 3 is 2.80 bits per heavy atom. The van der Waals surface area contributed by atoms with Crippen LogP contribution in [0, 0.1) is 0 Å². The van der Waals surface area contributed by atoms with E-state index in [4.69, 9.17) is 14.6 Å². The van der Waals surface area contributed by atoms with Gasteiger partial charge in [0, 0.05) is 12.1 Å². The van der Waals surface area contributed by atoms with Gasteiger partial charge in [-0.15, -0.1) is 0 Å². The van der Waals surface area contributed by atoms with Crippen molar-refractivity contribution in [2.24, 2.45) is 0 Å². The maximum Gasteiger partial charge on any atom is 0.354 e.